The van der Waals surface area contributed by atoms with Crippen molar-refractivity contribution in [2.45, 2.75) is 13.0 Å². The first-order valence-corrected chi connectivity index (χ1v) is 8.07. The zero-order chi connectivity index (χ0) is 17.5. The van der Waals surface area contributed by atoms with E-state index < -0.39 is 0 Å². The molecule has 0 saturated carbocycles. The summed E-state index contributed by atoms with van der Waals surface area (Å²) in [6, 6.07) is 15.4. The van der Waals surface area contributed by atoms with Gasteiger partial charge in [-0.05, 0) is 41.8 Å². The number of carbonyl (C=O) groups is 1. The first-order chi connectivity index (χ1) is 12.2. The van der Waals surface area contributed by atoms with Crippen LogP contribution in [-0.2, 0) is 13.0 Å². The summed E-state index contributed by atoms with van der Waals surface area (Å²) >= 11 is 0. The van der Waals surface area contributed by atoms with Crippen molar-refractivity contribution in [1.82, 2.24) is 20.1 Å². The van der Waals surface area contributed by atoms with E-state index >= 15 is 0 Å². The predicted molar refractivity (Wildman–Crippen MR) is 94.6 cm³/mol. The van der Waals surface area contributed by atoms with Crippen molar-refractivity contribution in [3.63, 3.8) is 0 Å². The Hall–Kier alpha value is -3.15. The van der Waals surface area contributed by atoms with Gasteiger partial charge in [-0.3, -0.25) is 4.79 Å². The fraction of sp³-hybridized carbons (Fsp3) is 0.211. The number of hydrogen-bond donors (Lipinski definition) is 1. The first kappa shape index (κ1) is 16.7. The van der Waals surface area contributed by atoms with Crippen molar-refractivity contribution in [3.05, 3.63) is 77.9 Å². The van der Waals surface area contributed by atoms with E-state index in [9.17, 15) is 4.79 Å². The van der Waals surface area contributed by atoms with Crippen LogP contribution in [-0.4, -0.2) is 34.3 Å². The second kappa shape index (κ2) is 8.10. The van der Waals surface area contributed by atoms with Gasteiger partial charge in [-0.2, -0.15) is 5.10 Å². The molecule has 3 aromatic rings. The Morgan fingerprint density at radius 3 is 2.44 bits per heavy atom. The number of rotatable bonds is 7. The van der Waals surface area contributed by atoms with Crippen molar-refractivity contribution >= 4 is 5.91 Å². The van der Waals surface area contributed by atoms with Crippen LogP contribution in [0.5, 0.6) is 5.75 Å². The average molecular weight is 336 g/mol. The van der Waals surface area contributed by atoms with Gasteiger partial charge >= 0.3 is 0 Å². The lowest BCUT2D eigenvalue weighted by Gasteiger charge is -2.07. The molecule has 0 aliphatic carbocycles. The fourth-order valence-electron chi connectivity index (χ4n) is 2.48. The molecule has 1 aromatic heterocycles. The number of amides is 1. The lowest BCUT2D eigenvalue weighted by Crippen LogP contribution is -2.25. The van der Waals surface area contributed by atoms with Gasteiger partial charge in [0.1, 0.15) is 18.4 Å². The molecule has 25 heavy (non-hydrogen) atoms. The van der Waals surface area contributed by atoms with Crippen LogP contribution in [0.1, 0.15) is 21.5 Å². The summed E-state index contributed by atoms with van der Waals surface area (Å²) in [5, 5.41) is 7.01. The summed E-state index contributed by atoms with van der Waals surface area (Å²) in [6.07, 6.45) is 3.95. The van der Waals surface area contributed by atoms with E-state index in [-0.39, 0.29) is 5.91 Å². The molecule has 6 heteroatoms. The third-order valence-electron chi connectivity index (χ3n) is 3.89. The molecule has 0 unspecified atom stereocenters. The average Bonchev–Trinajstić information content (AvgIpc) is 3.16. The molecule has 1 heterocycles. The van der Waals surface area contributed by atoms with Crippen LogP contribution in [0.2, 0.25) is 0 Å². The molecule has 6 nitrogen and oxygen atoms in total. The largest absolute Gasteiger partial charge is 0.497 e. The number of methoxy groups -OCH3 is 1. The van der Waals surface area contributed by atoms with Gasteiger partial charge in [-0.1, -0.05) is 24.3 Å². The fourth-order valence-corrected chi connectivity index (χ4v) is 2.48. The number of nitrogens with one attached hydrogen (secondary N) is 1. The quantitative estimate of drug-likeness (QED) is 0.719. The van der Waals surface area contributed by atoms with Gasteiger partial charge in [0.25, 0.3) is 5.91 Å². The van der Waals surface area contributed by atoms with Crippen LogP contribution in [0, 0.1) is 0 Å². The van der Waals surface area contributed by atoms with Crippen molar-refractivity contribution in [1.29, 1.82) is 0 Å². The van der Waals surface area contributed by atoms with Crippen molar-refractivity contribution in [3.8, 4) is 5.75 Å². The van der Waals surface area contributed by atoms with E-state index in [0.717, 1.165) is 23.3 Å². The third kappa shape index (κ3) is 4.67. The molecule has 0 spiro atoms. The normalized spacial score (nSPS) is 10.4. The molecule has 0 aliphatic heterocycles. The van der Waals surface area contributed by atoms with Crippen LogP contribution in [0.15, 0.2) is 61.2 Å². The van der Waals surface area contributed by atoms with E-state index in [4.69, 9.17) is 4.74 Å². The minimum Gasteiger partial charge on any atom is -0.497 e. The highest BCUT2D eigenvalue weighted by molar-refractivity contribution is 5.94. The molecule has 128 valence electrons. The highest BCUT2D eigenvalue weighted by Gasteiger charge is 2.05. The molecule has 0 saturated heterocycles. The number of nitrogens with zero attached hydrogens (tertiary/aromatic N) is 3. The molecular formula is C19H20N4O2. The Balaban J connectivity index is 1.49. The number of hydrogen-bond acceptors (Lipinski definition) is 4. The summed E-state index contributed by atoms with van der Waals surface area (Å²) < 4.78 is 6.87. The first-order valence-electron chi connectivity index (χ1n) is 8.07. The Kier molecular flexibility index (Phi) is 5.41. The van der Waals surface area contributed by atoms with Crippen LogP contribution < -0.4 is 10.1 Å². The molecule has 0 fully saturated rings. The molecule has 1 N–H and O–H groups in total. The number of aromatic nitrogens is 3. The van der Waals surface area contributed by atoms with Crippen LogP contribution in [0.25, 0.3) is 0 Å². The molecule has 0 aliphatic rings. The lowest BCUT2D eigenvalue weighted by molar-refractivity contribution is 0.0954. The monoisotopic (exact) mass is 336 g/mol. The molecule has 2 aromatic carbocycles. The molecule has 0 atom stereocenters. The highest BCUT2D eigenvalue weighted by atomic mass is 16.5. The summed E-state index contributed by atoms with van der Waals surface area (Å²) in [4.78, 5) is 16.1. The van der Waals surface area contributed by atoms with Crippen molar-refractivity contribution in [2.75, 3.05) is 13.7 Å². The maximum atomic E-state index is 12.2. The second-order valence-corrected chi connectivity index (χ2v) is 5.64. The smallest absolute Gasteiger partial charge is 0.251 e. The zero-order valence-electron chi connectivity index (χ0n) is 14.1. The van der Waals surface area contributed by atoms with E-state index in [1.54, 1.807) is 18.1 Å². The maximum Gasteiger partial charge on any atom is 0.251 e. The molecular weight excluding hydrogens is 316 g/mol. The van der Waals surface area contributed by atoms with Gasteiger partial charge < -0.3 is 10.1 Å². The Bertz CT molecular complexity index is 796. The Labute approximate surface area is 146 Å². The molecule has 1 amide bonds. The lowest BCUT2D eigenvalue weighted by atomic mass is 10.1. The van der Waals surface area contributed by atoms with Crippen LogP contribution >= 0.6 is 0 Å². The summed E-state index contributed by atoms with van der Waals surface area (Å²) in [6.45, 7) is 1.23. The van der Waals surface area contributed by atoms with Crippen LogP contribution in [0.4, 0.5) is 0 Å². The van der Waals surface area contributed by atoms with E-state index in [2.05, 4.69) is 15.4 Å². The summed E-state index contributed by atoms with van der Waals surface area (Å²) in [5.74, 6) is 0.764. The van der Waals surface area contributed by atoms with Gasteiger partial charge in [0.2, 0.25) is 0 Å². The van der Waals surface area contributed by atoms with Crippen LogP contribution in [0.3, 0.4) is 0 Å². The Morgan fingerprint density at radius 1 is 1.08 bits per heavy atom. The molecule has 0 radical (unpaired) electrons. The molecule has 3 rings (SSSR count). The number of benzene rings is 2. The van der Waals surface area contributed by atoms with Crippen molar-refractivity contribution in [2.24, 2.45) is 0 Å². The van der Waals surface area contributed by atoms with E-state index in [0.29, 0.717) is 18.7 Å². The second-order valence-electron chi connectivity index (χ2n) is 5.64. The SMILES string of the molecule is COc1ccc(CCNC(=O)c2ccc(Cn3cncn3)cc2)cc1. The zero-order valence-corrected chi connectivity index (χ0v) is 14.1. The van der Waals surface area contributed by atoms with E-state index in [1.165, 1.54) is 6.33 Å². The third-order valence-corrected chi connectivity index (χ3v) is 3.89. The van der Waals surface area contributed by atoms with Gasteiger partial charge in [0.05, 0.1) is 13.7 Å². The van der Waals surface area contributed by atoms with Gasteiger partial charge in [-0.25, -0.2) is 9.67 Å². The number of carbonyl (C=O) groups excluding carboxylic acids is 1. The minimum absolute atomic E-state index is 0.0687. The summed E-state index contributed by atoms with van der Waals surface area (Å²) in [5.41, 5.74) is 2.88. The topological polar surface area (TPSA) is 69.0 Å². The summed E-state index contributed by atoms with van der Waals surface area (Å²) in [7, 11) is 1.65. The maximum absolute atomic E-state index is 12.2. The number of ether oxygens (including phenoxy) is 1. The van der Waals surface area contributed by atoms with Crippen molar-refractivity contribution < 1.29 is 9.53 Å². The predicted octanol–water partition coefficient (Wildman–Crippen LogP) is 2.31. The van der Waals surface area contributed by atoms with Gasteiger partial charge in [0, 0.05) is 12.1 Å². The standard InChI is InChI=1S/C19H20N4O2/c1-25-18-8-4-15(5-9-18)10-11-21-19(24)17-6-2-16(3-7-17)12-23-14-20-13-22-23/h2-9,13-14H,10-12H2,1H3,(H,21,24). The Morgan fingerprint density at radius 2 is 1.80 bits per heavy atom. The molecule has 0 bridgehead atoms. The van der Waals surface area contributed by atoms with Gasteiger partial charge in [-0.15, -0.1) is 0 Å². The van der Waals surface area contributed by atoms with Gasteiger partial charge in [0.15, 0.2) is 0 Å². The van der Waals surface area contributed by atoms with E-state index in [1.807, 2.05) is 48.5 Å². The minimum atomic E-state index is -0.0687. The highest BCUT2D eigenvalue weighted by Crippen LogP contribution is 2.11.